The number of aromatic nitrogens is 4. The van der Waals surface area contributed by atoms with Crippen molar-refractivity contribution in [2.75, 3.05) is 30.7 Å². The van der Waals surface area contributed by atoms with Gasteiger partial charge < -0.3 is 20.4 Å². The minimum Gasteiger partial charge on any atom is -0.476 e. The molecule has 1 aliphatic rings. The monoisotopic (exact) mass is 589 g/mol. The van der Waals surface area contributed by atoms with Crippen LogP contribution in [0.5, 0.6) is 5.88 Å². The van der Waals surface area contributed by atoms with Crippen LogP contribution in [0.1, 0.15) is 28.1 Å². The number of anilines is 2. The summed E-state index contributed by atoms with van der Waals surface area (Å²) in [7, 11) is -3.76. The Morgan fingerprint density at radius 2 is 1.93 bits per heavy atom. The predicted octanol–water partition coefficient (Wildman–Crippen LogP) is 3.17. The van der Waals surface area contributed by atoms with E-state index in [4.69, 9.17) is 10.5 Å². The lowest BCUT2D eigenvalue weighted by Crippen LogP contribution is -2.42. The lowest BCUT2D eigenvalue weighted by atomic mass is 10.1. The normalized spacial score (nSPS) is 14.8. The number of halogens is 2. The summed E-state index contributed by atoms with van der Waals surface area (Å²) in [5.74, 6) is -2.67. The van der Waals surface area contributed by atoms with Crippen molar-refractivity contribution in [1.29, 1.82) is 0 Å². The minimum atomic E-state index is -3.76. The Balaban J connectivity index is 1.16. The Hall–Kier alpha value is -3.95. The first kappa shape index (κ1) is 27.6. The number of carbonyl (C=O) groups excluding carboxylic acids is 1. The summed E-state index contributed by atoms with van der Waals surface area (Å²) < 4.78 is 63.2. The molecule has 210 valence electrons. The van der Waals surface area contributed by atoms with E-state index in [1.54, 1.807) is 12.5 Å². The topological polar surface area (TPSA) is 145 Å². The smallest absolute Gasteiger partial charge is 0.244 e. The molecule has 4 heterocycles. The number of pyridine rings is 1. The number of nitrogen functional groups attached to an aromatic ring is 1. The van der Waals surface area contributed by atoms with Gasteiger partial charge in [0.25, 0.3) is 0 Å². The van der Waals surface area contributed by atoms with E-state index in [0.29, 0.717) is 37.0 Å². The van der Waals surface area contributed by atoms with Crippen LogP contribution in [0.2, 0.25) is 0 Å². The zero-order chi connectivity index (χ0) is 28.3. The van der Waals surface area contributed by atoms with Crippen LogP contribution < -0.4 is 15.8 Å². The number of hydrogen-bond donors (Lipinski definition) is 2. The van der Waals surface area contributed by atoms with Crippen LogP contribution in [0.3, 0.4) is 0 Å². The first-order valence-corrected chi connectivity index (χ1v) is 14.5. The molecule has 0 spiro atoms. The third-order valence-corrected chi connectivity index (χ3v) is 9.22. The number of nitrogens with one attached hydrogen (secondary N) is 1. The molecule has 0 bridgehead atoms. The molecule has 3 aromatic heterocycles. The van der Waals surface area contributed by atoms with Crippen LogP contribution in [-0.4, -0.2) is 63.8 Å². The van der Waals surface area contributed by atoms with Gasteiger partial charge in [0.1, 0.15) is 33.8 Å². The highest BCUT2D eigenvalue weighted by Gasteiger charge is 2.31. The Morgan fingerprint density at radius 1 is 1.18 bits per heavy atom. The molecule has 1 fully saturated rings. The number of ketones is 1. The molecule has 0 saturated carbocycles. The van der Waals surface area contributed by atoms with Gasteiger partial charge in [-0.25, -0.2) is 32.2 Å². The standard InChI is InChI=1S/C25H25F2N7O4S2/c26-18-2-1-3-19(27)21(18)22(35)23-24(28)32-25(39-23)31-16-6-9-34(10-7-16)40(36,37)17-4-5-20(30-14-17)38-13-12-33-11-8-29-15-33/h1-5,8,11,14-16H,6-7,9-10,12-13,28H2,(H,31,32). The summed E-state index contributed by atoms with van der Waals surface area (Å²) in [4.78, 5) is 24.9. The van der Waals surface area contributed by atoms with Crippen LogP contribution >= 0.6 is 11.3 Å². The molecule has 4 aromatic rings. The summed E-state index contributed by atoms with van der Waals surface area (Å²) >= 11 is 0.896. The van der Waals surface area contributed by atoms with Crippen molar-refractivity contribution < 1.29 is 26.7 Å². The van der Waals surface area contributed by atoms with Gasteiger partial charge in [-0.15, -0.1) is 0 Å². The van der Waals surface area contributed by atoms with Crippen LogP contribution in [0.25, 0.3) is 0 Å². The fraction of sp³-hybridized carbons (Fsp3) is 0.280. The average Bonchev–Trinajstić information content (AvgIpc) is 3.58. The van der Waals surface area contributed by atoms with Crippen molar-refractivity contribution in [3.05, 3.63) is 77.3 Å². The molecule has 11 nitrogen and oxygen atoms in total. The maximum absolute atomic E-state index is 14.1. The number of ether oxygens (including phenoxy) is 1. The van der Waals surface area contributed by atoms with Gasteiger partial charge in [-0.05, 0) is 31.0 Å². The number of imidazole rings is 1. The third-order valence-electron chi connectivity index (χ3n) is 6.34. The molecule has 15 heteroatoms. The van der Waals surface area contributed by atoms with Gasteiger partial charge in [-0.2, -0.15) is 4.31 Å². The quantitative estimate of drug-likeness (QED) is 0.266. The zero-order valence-electron chi connectivity index (χ0n) is 21.0. The molecule has 3 N–H and O–H groups in total. The van der Waals surface area contributed by atoms with Crippen molar-refractivity contribution in [1.82, 2.24) is 23.8 Å². The molecule has 5 rings (SSSR count). The highest BCUT2D eigenvalue weighted by molar-refractivity contribution is 7.89. The van der Waals surface area contributed by atoms with E-state index in [0.717, 1.165) is 23.5 Å². The molecule has 1 aliphatic heterocycles. The van der Waals surface area contributed by atoms with E-state index in [-0.39, 0.29) is 34.7 Å². The summed E-state index contributed by atoms with van der Waals surface area (Å²) in [6, 6.07) is 6.01. The van der Waals surface area contributed by atoms with E-state index >= 15 is 0 Å². The Bertz CT molecular complexity index is 1570. The van der Waals surface area contributed by atoms with Crippen molar-refractivity contribution in [3.63, 3.8) is 0 Å². The third kappa shape index (κ3) is 5.95. The number of nitrogens with two attached hydrogens (primary N) is 1. The maximum atomic E-state index is 14.1. The second-order valence-electron chi connectivity index (χ2n) is 8.96. The Kier molecular flexibility index (Phi) is 8.04. The minimum absolute atomic E-state index is 0.0668. The van der Waals surface area contributed by atoms with E-state index in [1.807, 2.05) is 10.8 Å². The number of carbonyl (C=O) groups is 1. The summed E-state index contributed by atoms with van der Waals surface area (Å²) in [5, 5.41) is 3.47. The van der Waals surface area contributed by atoms with E-state index in [9.17, 15) is 22.0 Å². The van der Waals surface area contributed by atoms with Crippen LogP contribution in [-0.2, 0) is 16.6 Å². The average molecular weight is 590 g/mol. The van der Waals surface area contributed by atoms with Gasteiger partial charge in [-0.1, -0.05) is 17.4 Å². The van der Waals surface area contributed by atoms with Crippen molar-refractivity contribution >= 4 is 38.1 Å². The Labute approximate surface area is 232 Å². The molecule has 0 radical (unpaired) electrons. The fourth-order valence-electron chi connectivity index (χ4n) is 4.23. The molecular weight excluding hydrogens is 564 g/mol. The van der Waals surface area contributed by atoms with E-state index in [1.165, 1.54) is 28.7 Å². The molecule has 0 atom stereocenters. The molecule has 1 saturated heterocycles. The first-order valence-electron chi connectivity index (χ1n) is 12.3. The highest BCUT2D eigenvalue weighted by atomic mass is 32.2. The fourth-order valence-corrected chi connectivity index (χ4v) is 6.55. The van der Waals surface area contributed by atoms with Gasteiger partial charge in [0.2, 0.25) is 21.7 Å². The largest absolute Gasteiger partial charge is 0.476 e. The first-order chi connectivity index (χ1) is 19.2. The number of rotatable bonds is 10. The number of sulfonamides is 1. The number of benzene rings is 1. The zero-order valence-corrected chi connectivity index (χ0v) is 22.7. The predicted molar refractivity (Wildman–Crippen MR) is 144 cm³/mol. The Morgan fingerprint density at radius 3 is 2.58 bits per heavy atom. The van der Waals surface area contributed by atoms with Gasteiger partial charge in [0.05, 0.1) is 24.6 Å². The van der Waals surface area contributed by atoms with Crippen molar-refractivity contribution in [2.24, 2.45) is 0 Å². The van der Waals surface area contributed by atoms with Gasteiger partial charge in [0, 0.05) is 37.6 Å². The second-order valence-corrected chi connectivity index (χ2v) is 11.9. The van der Waals surface area contributed by atoms with Gasteiger partial charge >= 0.3 is 0 Å². The molecule has 0 unspecified atom stereocenters. The number of nitrogens with zero attached hydrogens (tertiary/aromatic N) is 5. The van der Waals surface area contributed by atoms with Gasteiger partial charge in [-0.3, -0.25) is 4.79 Å². The molecule has 0 aliphatic carbocycles. The maximum Gasteiger partial charge on any atom is 0.244 e. The molecular formula is C25H25F2N7O4S2. The number of piperidine rings is 1. The van der Waals surface area contributed by atoms with Crippen molar-refractivity contribution in [2.45, 2.75) is 30.3 Å². The summed E-state index contributed by atoms with van der Waals surface area (Å²) in [6.45, 7) is 1.43. The SMILES string of the molecule is Nc1nc(NC2CCN(S(=O)(=O)c3ccc(OCCn4ccnc4)nc3)CC2)sc1C(=O)c1c(F)cccc1F. The van der Waals surface area contributed by atoms with Crippen LogP contribution in [0.4, 0.5) is 19.7 Å². The number of thiazole rings is 1. The number of hydrogen-bond acceptors (Lipinski definition) is 10. The molecule has 1 aromatic carbocycles. The summed E-state index contributed by atoms with van der Waals surface area (Å²) in [5.41, 5.74) is 5.19. The van der Waals surface area contributed by atoms with Crippen LogP contribution in [0.15, 0.2) is 60.1 Å². The van der Waals surface area contributed by atoms with Crippen molar-refractivity contribution in [3.8, 4) is 5.88 Å². The van der Waals surface area contributed by atoms with E-state index in [2.05, 4.69) is 20.3 Å². The molecule has 0 amide bonds. The van der Waals surface area contributed by atoms with Crippen LogP contribution in [0, 0.1) is 11.6 Å². The second kappa shape index (κ2) is 11.7. The van der Waals surface area contributed by atoms with Gasteiger partial charge in [0.15, 0.2) is 5.13 Å². The lowest BCUT2D eigenvalue weighted by molar-refractivity contribution is 0.103. The lowest BCUT2D eigenvalue weighted by Gasteiger charge is -2.31. The van der Waals surface area contributed by atoms with E-state index < -0.39 is 33.0 Å². The highest BCUT2D eigenvalue weighted by Crippen LogP contribution is 2.31. The molecule has 40 heavy (non-hydrogen) atoms. The summed E-state index contributed by atoms with van der Waals surface area (Å²) in [6.07, 6.45) is 7.36.